The maximum Gasteiger partial charge on any atom is 0.254 e. The van der Waals surface area contributed by atoms with Gasteiger partial charge in [-0.25, -0.2) is 4.68 Å². The van der Waals surface area contributed by atoms with E-state index in [4.69, 9.17) is 4.52 Å². The summed E-state index contributed by atoms with van der Waals surface area (Å²) in [6.07, 6.45) is 6.85. The Kier molecular flexibility index (Phi) is 4.44. The average molecular weight is 360 g/mol. The molecule has 3 heterocycles. The first kappa shape index (κ1) is 16.6. The van der Waals surface area contributed by atoms with E-state index in [1.807, 2.05) is 30.5 Å². The van der Waals surface area contributed by atoms with Gasteiger partial charge in [-0.15, -0.1) is 0 Å². The Hall–Kier alpha value is -3.81. The van der Waals surface area contributed by atoms with Crippen molar-refractivity contribution >= 4 is 5.91 Å². The number of hydrogen-bond donors (Lipinski definition) is 0. The zero-order valence-electron chi connectivity index (χ0n) is 14.6. The Morgan fingerprint density at radius 1 is 1.19 bits per heavy atom. The van der Waals surface area contributed by atoms with Crippen LogP contribution in [0.2, 0.25) is 0 Å². The first-order valence-electron chi connectivity index (χ1n) is 8.29. The third-order valence-electron chi connectivity index (χ3n) is 3.97. The van der Waals surface area contributed by atoms with Crippen LogP contribution in [0.25, 0.3) is 17.1 Å². The second-order valence-electron chi connectivity index (χ2n) is 5.92. The van der Waals surface area contributed by atoms with E-state index in [2.05, 4.69) is 20.2 Å². The van der Waals surface area contributed by atoms with E-state index in [0.29, 0.717) is 17.3 Å². The predicted molar refractivity (Wildman–Crippen MR) is 96.9 cm³/mol. The molecular formula is C19H16N6O2. The number of rotatable bonds is 5. The fourth-order valence-electron chi connectivity index (χ4n) is 2.63. The predicted octanol–water partition coefficient (Wildman–Crippen LogP) is 2.59. The molecule has 0 radical (unpaired) electrons. The lowest BCUT2D eigenvalue weighted by Crippen LogP contribution is -2.26. The van der Waals surface area contributed by atoms with Gasteiger partial charge >= 0.3 is 0 Å². The van der Waals surface area contributed by atoms with Crippen molar-refractivity contribution in [3.05, 3.63) is 78.7 Å². The van der Waals surface area contributed by atoms with Crippen LogP contribution in [0.1, 0.15) is 16.2 Å². The highest BCUT2D eigenvalue weighted by Gasteiger charge is 2.17. The van der Waals surface area contributed by atoms with Gasteiger partial charge in [-0.2, -0.15) is 10.1 Å². The summed E-state index contributed by atoms with van der Waals surface area (Å²) in [4.78, 5) is 22.6. The molecule has 1 aromatic carbocycles. The van der Waals surface area contributed by atoms with E-state index >= 15 is 0 Å². The molecule has 0 bridgehead atoms. The fraction of sp³-hybridized carbons (Fsp3) is 0.105. The molecule has 134 valence electrons. The van der Waals surface area contributed by atoms with E-state index < -0.39 is 0 Å². The Bertz CT molecular complexity index is 1040. The van der Waals surface area contributed by atoms with Crippen molar-refractivity contribution < 1.29 is 9.32 Å². The number of carbonyl (C=O) groups excluding carboxylic acids is 1. The molecule has 8 heteroatoms. The lowest BCUT2D eigenvalue weighted by Gasteiger charge is -2.15. The summed E-state index contributed by atoms with van der Waals surface area (Å²) >= 11 is 0. The molecule has 27 heavy (non-hydrogen) atoms. The van der Waals surface area contributed by atoms with Crippen LogP contribution in [-0.2, 0) is 6.54 Å². The van der Waals surface area contributed by atoms with Crippen molar-refractivity contribution in [2.75, 3.05) is 7.05 Å². The van der Waals surface area contributed by atoms with Crippen LogP contribution >= 0.6 is 0 Å². The number of amides is 1. The third-order valence-corrected chi connectivity index (χ3v) is 3.97. The molecule has 0 atom stereocenters. The summed E-state index contributed by atoms with van der Waals surface area (Å²) in [5.41, 5.74) is 2.13. The number of carbonyl (C=O) groups is 1. The second kappa shape index (κ2) is 7.20. The summed E-state index contributed by atoms with van der Waals surface area (Å²) in [6, 6.07) is 12.7. The van der Waals surface area contributed by atoms with Gasteiger partial charge in [0.1, 0.15) is 0 Å². The molecular weight excluding hydrogens is 344 g/mol. The molecule has 0 saturated heterocycles. The van der Waals surface area contributed by atoms with Gasteiger partial charge in [0.05, 0.1) is 12.2 Å². The van der Waals surface area contributed by atoms with Gasteiger partial charge in [-0.05, 0) is 36.4 Å². The average Bonchev–Trinajstić information content (AvgIpc) is 3.40. The van der Waals surface area contributed by atoms with E-state index in [1.54, 1.807) is 48.5 Å². The zero-order chi connectivity index (χ0) is 18.6. The van der Waals surface area contributed by atoms with Gasteiger partial charge < -0.3 is 9.42 Å². The monoisotopic (exact) mass is 360 g/mol. The largest absolute Gasteiger partial charge is 0.337 e. The molecule has 0 aliphatic rings. The number of nitrogens with zero attached hydrogens (tertiary/aromatic N) is 6. The molecule has 0 spiro atoms. The summed E-state index contributed by atoms with van der Waals surface area (Å²) in [7, 11) is 1.69. The van der Waals surface area contributed by atoms with Gasteiger partial charge in [0.25, 0.3) is 5.91 Å². The van der Waals surface area contributed by atoms with Crippen molar-refractivity contribution in [1.29, 1.82) is 0 Å². The van der Waals surface area contributed by atoms with E-state index in [1.165, 1.54) is 4.90 Å². The molecule has 0 aliphatic heterocycles. The van der Waals surface area contributed by atoms with Gasteiger partial charge in [-0.1, -0.05) is 11.2 Å². The lowest BCUT2D eigenvalue weighted by molar-refractivity contribution is 0.0769. The van der Waals surface area contributed by atoms with E-state index in [9.17, 15) is 4.79 Å². The maximum absolute atomic E-state index is 12.7. The van der Waals surface area contributed by atoms with Crippen LogP contribution < -0.4 is 0 Å². The smallest absolute Gasteiger partial charge is 0.254 e. The van der Waals surface area contributed by atoms with Gasteiger partial charge in [-0.3, -0.25) is 9.78 Å². The quantitative estimate of drug-likeness (QED) is 0.543. The molecule has 3 aromatic heterocycles. The maximum atomic E-state index is 12.7. The Morgan fingerprint density at radius 2 is 2.11 bits per heavy atom. The highest BCUT2D eigenvalue weighted by molar-refractivity contribution is 5.94. The molecule has 4 aromatic rings. The van der Waals surface area contributed by atoms with Gasteiger partial charge in [0.2, 0.25) is 11.7 Å². The lowest BCUT2D eigenvalue weighted by atomic mass is 10.2. The Balaban J connectivity index is 1.49. The molecule has 8 nitrogen and oxygen atoms in total. The number of aromatic nitrogens is 5. The first-order valence-corrected chi connectivity index (χ1v) is 8.29. The van der Waals surface area contributed by atoms with Crippen LogP contribution in [0.5, 0.6) is 0 Å². The minimum atomic E-state index is -0.148. The molecule has 0 fully saturated rings. The summed E-state index contributed by atoms with van der Waals surface area (Å²) < 4.78 is 6.96. The van der Waals surface area contributed by atoms with Crippen LogP contribution in [0.3, 0.4) is 0 Å². The van der Waals surface area contributed by atoms with Crippen molar-refractivity contribution in [3.63, 3.8) is 0 Å². The second-order valence-corrected chi connectivity index (χ2v) is 5.92. The zero-order valence-corrected chi connectivity index (χ0v) is 14.6. The highest BCUT2D eigenvalue weighted by Crippen LogP contribution is 2.16. The van der Waals surface area contributed by atoms with Crippen LogP contribution in [0, 0.1) is 0 Å². The number of hydrogen-bond acceptors (Lipinski definition) is 6. The minimum Gasteiger partial charge on any atom is -0.337 e. The minimum absolute atomic E-state index is 0.148. The highest BCUT2D eigenvalue weighted by atomic mass is 16.5. The Morgan fingerprint density at radius 3 is 2.89 bits per heavy atom. The number of pyridine rings is 1. The van der Waals surface area contributed by atoms with Gasteiger partial charge in [0, 0.05) is 43.0 Å². The van der Waals surface area contributed by atoms with E-state index in [0.717, 1.165) is 11.3 Å². The van der Waals surface area contributed by atoms with Crippen molar-refractivity contribution in [2.24, 2.45) is 0 Å². The fourth-order valence-corrected chi connectivity index (χ4v) is 2.63. The van der Waals surface area contributed by atoms with Crippen molar-refractivity contribution in [1.82, 2.24) is 29.8 Å². The summed E-state index contributed by atoms with van der Waals surface area (Å²) in [6.45, 7) is 0.206. The SMILES string of the molecule is CN(Cc1nc(-c2cccnc2)no1)C(=O)c1cccc(-n2cccn2)c1. The third kappa shape index (κ3) is 3.59. The van der Waals surface area contributed by atoms with Crippen LogP contribution in [0.4, 0.5) is 0 Å². The van der Waals surface area contributed by atoms with Gasteiger partial charge in [0.15, 0.2) is 0 Å². The summed E-state index contributed by atoms with van der Waals surface area (Å²) in [5, 5.41) is 8.13. The first-order chi connectivity index (χ1) is 13.2. The van der Waals surface area contributed by atoms with Crippen molar-refractivity contribution in [3.8, 4) is 17.1 Å². The standard InChI is InChI=1S/C19H16N6O2/c1-24(13-17-22-18(23-27-17)15-6-3-8-20-12-15)19(26)14-5-2-7-16(11-14)25-10-4-9-21-25/h2-12H,13H2,1H3. The summed E-state index contributed by atoms with van der Waals surface area (Å²) in [5.74, 6) is 0.651. The topological polar surface area (TPSA) is 89.9 Å². The molecule has 4 rings (SSSR count). The molecule has 0 aliphatic carbocycles. The van der Waals surface area contributed by atoms with Crippen LogP contribution in [-0.4, -0.2) is 42.8 Å². The van der Waals surface area contributed by atoms with Crippen LogP contribution in [0.15, 0.2) is 71.8 Å². The van der Waals surface area contributed by atoms with Crippen molar-refractivity contribution in [2.45, 2.75) is 6.54 Å². The Labute approximate surface area is 155 Å². The molecule has 0 N–H and O–H groups in total. The normalized spacial score (nSPS) is 10.7. The molecule has 0 unspecified atom stereocenters. The van der Waals surface area contributed by atoms with E-state index in [-0.39, 0.29) is 12.5 Å². The molecule has 0 saturated carbocycles. The number of benzene rings is 1. The molecule has 1 amide bonds.